The van der Waals surface area contributed by atoms with Gasteiger partial charge in [-0.2, -0.15) is 4.98 Å². The highest BCUT2D eigenvalue weighted by Gasteiger charge is 2.16. The van der Waals surface area contributed by atoms with Crippen molar-refractivity contribution in [1.82, 2.24) is 25.0 Å². The van der Waals surface area contributed by atoms with Gasteiger partial charge in [0.2, 0.25) is 16.9 Å². The fourth-order valence-electron chi connectivity index (χ4n) is 3.24. The predicted octanol–water partition coefficient (Wildman–Crippen LogP) is 4.23. The first-order valence-electron chi connectivity index (χ1n) is 10.9. The van der Waals surface area contributed by atoms with Gasteiger partial charge in [-0.1, -0.05) is 49.8 Å². The first-order chi connectivity index (χ1) is 16.8. The van der Waals surface area contributed by atoms with Gasteiger partial charge in [-0.15, -0.1) is 10.2 Å². The van der Waals surface area contributed by atoms with Gasteiger partial charge in [-0.05, 0) is 41.3 Å². The predicted molar refractivity (Wildman–Crippen MR) is 132 cm³/mol. The van der Waals surface area contributed by atoms with Crippen LogP contribution in [0.3, 0.4) is 0 Å². The number of thioether (sulfide) groups is 1. The lowest BCUT2D eigenvalue weighted by Gasteiger charge is -2.19. The molecular formula is C24H28N6O4S. The number of benzene rings is 2. The van der Waals surface area contributed by atoms with E-state index < -0.39 is 0 Å². The van der Waals surface area contributed by atoms with Crippen molar-refractivity contribution < 1.29 is 18.7 Å². The quantitative estimate of drug-likeness (QED) is 0.266. The maximum absolute atomic E-state index is 6.17. The SMILES string of the molecule is COc1ccc(-c2noc(CSc3nnc(COc4ccc(C(C)(C)C)cc4)n3N)n2)cc1OC. The van der Waals surface area contributed by atoms with E-state index in [4.69, 9.17) is 24.6 Å². The number of aromatic nitrogens is 5. The fourth-order valence-corrected chi connectivity index (χ4v) is 3.95. The van der Waals surface area contributed by atoms with Crippen molar-refractivity contribution in [3.05, 3.63) is 59.7 Å². The molecule has 4 rings (SSSR count). The Balaban J connectivity index is 1.35. The Labute approximate surface area is 207 Å². The standard InChI is InChI=1S/C24H28N6O4S/c1-24(2,3)16-7-9-17(10-8-16)33-13-20-27-28-23(30(20)25)35-14-21-26-22(29-34-21)15-6-11-18(31-4)19(12-15)32-5/h6-12H,13-14,25H2,1-5H3. The Morgan fingerprint density at radius 1 is 1.00 bits per heavy atom. The summed E-state index contributed by atoms with van der Waals surface area (Å²) in [4.78, 5) is 4.45. The molecule has 35 heavy (non-hydrogen) atoms. The van der Waals surface area contributed by atoms with Crippen LogP contribution >= 0.6 is 11.8 Å². The zero-order valence-electron chi connectivity index (χ0n) is 20.3. The molecule has 0 saturated heterocycles. The van der Waals surface area contributed by atoms with Gasteiger partial charge < -0.3 is 24.6 Å². The van der Waals surface area contributed by atoms with E-state index in [2.05, 4.69) is 53.2 Å². The molecule has 0 bridgehead atoms. The van der Waals surface area contributed by atoms with Gasteiger partial charge in [0.05, 0.1) is 20.0 Å². The summed E-state index contributed by atoms with van der Waals surface area (Å²) in [5.74, 6) is 9.88. The summed E-state index contributed by atoms with van der Waals surface area (Å²) in [6.07, 6.45) is 0. The highest BCUT2D eigenvalue weighted by atomic mass is 32.2. The van der Waals surface area contributed by atoms with Crippen molar-refractivity contribution in [1.29, 1.82) is 0 Å². The van der Waals surface area contributed by atoms with Crippen molar-refractivity contribution >= 4 is 11.8 Å². The number of hydrogen-bond donors (Lipinski definition) is 1. The number of nitrogen functional groups attached to an aromatic ring is 1. The summed E-state index contributed by atoms with van der Waals surface area (Å²) < 4.78 is 23.2. The third-order valence-electron chi connectivity index (χ3n) is 5.26. The van der Waals surface area contributed by atoms with Crippen molar-refractivity contribution in [2.24, 2.45) is 0 Å². The lowest BCUT2D eigenvalue weighted by Crippen LogP contribution is -2.16. The van der Waals surface area contributed by atoms with Gasteiger partial charge in [0.15, 0.2) is 17.3 Å². The molecule has 184 valence electrons. The molecule has 0 fully saturated rings. The summed E-state index contributed by atoms with van der Waals surface area (Å²) in [5.41, 5.74) is 2.07. The molecule has 4 aromatic rings. The summed E-state index contributed by atoms with van der Waals surface area (Å²) in [5, 5.41) is 12.8. The minimum absolute atomic E-state index is 0.0860. The normalized spacial score (nSPS) is 11.5. The highest BCUT2D eigenvalue weighted by Crippen LogP contribution is 2.31. The van der Waals surface area contributed by atoms with Crippen LogP contribution in [0.15, 0.2) is 52.1 Å². The minimum Gasteiger partial charge on any atom is -0.493 e. The number of rotatable bonds is 9. The summed E-state index contributed by atoms with van der Waals surface area (Å²) >= 11 is 1.34. The zero-order chi connectivity index (χ0) is 25.0. The minimum atomic E-state index is 0.0860. The second-order valence-electron chi connectivity index (χ2n) is 8.70. The van der Waals surface area contributed by atoms with Crippen molar-refractivity contribution in [3.63, 3.8) is 0 Å². The molecule has 11 heteroatoms. The number of methoxy groups -OCH3 is 2. The van der Waals surface area contributed by atoms with Crippen LogP contribution in [-0.4, -0.2) is 39.2 Å². The summed E-state index contributed by atoms with van der Waals surface area (Å²) in [6.45, 7) is 6.71. The molecule has 0 aliphatic rings. The van der Waals surface area contributed by atoms with Gasteiger partial charge in [0.25, 0.3) is 0 Å². The second-order valence-corrected chi connectivity index (χ2v) is 9.64. The summed E-state index contributed by atoms with van der Waals surface area (Å²) in [7, 11) is 3.16. The maximum atomic E-state index is 6.17. The zero-order valence-corrected chi connectivity index (χ0v) is 21.1. The van der Waals surface area contributed by atoms with Crippen LogP contribution < -0.4 is 20.1 Å². The Morgan fingerprint density at radius 3 is 2.43 bits per heavy atom. The van der Waals surface area contributed by atoms with E-state index in [9.17, 15) is 0 Å². The summed E-state index contributed by atoms with van der Waals surface area (Å²) in [6, 6.07) is 13.4. The van der Waals surface area contributed by atoms with Crippen molar-refractivity contribution in [2.45, 2.75) is 43.7 Å². The van der Waals surface area contributed by atoms with Crippen LogP contribution in [0, 0.1) is 0 Å². The van der Waals surface area contributed by atoms with E-state index in [0.29, 0.717) is 39.9 Å². The molecule has 2 heterocycles. The van der Waals surface area contributed by atoms with Gasteiger partial charge in [0, 0.05) is 5.56 Å². The molecule has 0 amide bonds. The smallest absolute Gasteiger partial charge is 0.237 e. The van der Waals surface area contributed by atoms with E-state index in [-0.39, 0.29) is 12.0 Å². The Hall–Kier alpha value is -3.73. The lowest BCUT2D eigenvalue weighted by molar-refractivity contribution is 0.291. The molecule has 0 unspecified atom stereocenters. The van der Waals surface area contributed by atoms with E-state index in [1.165, 1.54) is 22.0 Å². The molecule has 0 saturated carbocycles. The third-order valence-corrected chi connectivity index (χ3v) is 6.19. The lowest BCUT2D eigenvalue weighted by atomic mass is 9.87. The molecule has 2 aromatic carbocycles. The molecule has 0 radical (unpaired) electrons. The van der Waals surface area contributed by atoms with Crippen LogP contribution in [0.1, 0.15) is 38.0 Å². The Morgan fingerprint density at radius 2 is 1.74 bits per heavy atom. The number of hydrogen-bond acceptors (Lipinski definition) is 10. The maximum Gasteiger partial charge on any atom is 0.237 e. The average molecular weight is 497 g/mol. The van der Waals surface area contributed by atoms with E-state index in [1.54, 1.807) is 26.4 Å². The average Bonchev–Trinajstić information content (AvgIpc) is 3.47. The molecule has 2 aromatic heterocycles. The largest absolute Gasteiger partial charge is 0.493 e. The molecule has 0 aliphatic carbocycles. The third kappa shape index (κ3) is 5.68. The Bertz CT molecular complexity index is 1280. The van der Waals surface area contributed by atoms with Crippen molar-refractivity contribution in [3.8, 4) is 28.6 Å². The number of ether oxygens (including phenoxy) is 3. The van der Waals surface area contributed by atoms with Gasteiger partial charge in [0.1, 0.15) is 12.4 Å². The molecule has 10 nitrogen and oxygen atoms in total. The van der Waals surface area contributed by atoms with E-state index >= 15 is 0 Å². The van der Waals surface area contributed by atoms with Gasteiger partial charge in [-0.3, -0.25) is 0 Å². The molecule has 2 N–H and O–H groups in total. The van der Waals surface area contributed by atoms with Crippen LogP contribution in [-0.2, 0) is 17.8 Å². The van der Waals surface area contributed by atoms with Crippen LogP contribution in [0.5, 0.6) is 17.2 Å². The molecule has 0 atom stereocenters. The van der Waals surface area contributed by atoms with Gasteiger partial charge in [-0.25, -0.2) is 4.68 Å². The Kier molecular flexibility index (Phi) is 7.15. The first-order valence-corrected chi connectivity index (χ1v) is 11.9. The van der Waals surface area contributed by atoms with Crippen LogP contribution in [0.25, 0.3) is 11.4 Å². The van der Waals surface area contributed by atoms with E-state index in [1.807, 2.05) is 18.2 Å². The van der Waals surface area contributed by atoms with Crippen LogP contribution in [0.2, 0.25) is 0 Å². The van der Waals surface area contributed by atoms with Crippen LogP contribution in [0.4, 0.5) is 0 Å². The second kappa shape index (κ2) is 10.3. The fraction of sp³-hybridized carbons (Fsp3) is 0.333. The molecular weight excluding hydrogens is 468 g/mol. The number of nitrogens with two attached hydrogens (primary N) is 1. The molecule has 0 spiro atoms. The van der Waals surface area contributed by atoms with Crippen molar-refractivity contribution in [2.75, 3.05) is 20.1 Å². The topological polar surface area (TPSA) is 123 Å². The first kappa shape index (κ1) is 24.4. The molecule has 0 aliphatic heterocycles. The monoisotopic (exact) mass is 496 g/mol. The highest BCUT2D eigenvalue weighted by molar-refractivity contribution is 7.98. The van der Waals surface area contributed by atoms with E-state index in [0.717, 1.165) is 11.3 Å². The number of nitrogens with zero attached hydrogens (tertiary/aromatic N) is 5. The van der Waals surface area contributed by atoms with Gasteiger partial charge >= 0.3 is 0 Å².